The van der Waals surface area contributed by atoms with E-state index >= 15 is 0 Å². The standard InChI is InChI=1S/C20H21ClN2OS/c21-16-8-10-17(11-9-16)25-13-12-22-20(24)7-3-4-15-14-23-19-6-2-1-5-18(15)19/h1-2,5-6,8-11,14,23H,3-4,7,12-13H2,(H,22,24). The maximum Gasteiger partial charge on any atom is 0.220 e. The van der Waals surface area contributed by atoms with E-state index in [2.05, 4.69) is 22.4 Å². The quantitative estimate of drug-likeness (QED) is 0.429. The second kappa shape index (κ2) is 8.97. The molecule has 0 aliphatic rings. The van der Waals surface area contributed by atoms with Crippen molar-refractivity contribution in [3.63, 3.8) is 0 Å². The lowest BCUT2D eigenvalue weighted by molar-refractivity contribution is -0.121. The first-order valence-corrected chi connectivity index (χ1v) is 9.79. The number of rotatable bonds is 8. The number of benzene rings is 2. The summed E-state index contributed by atoms with van der Waals surface area (Å²) in [7, 11) is 0. The molecule has 1 heterocycles. The molecule has 25 heavy (non-hydrogen) atoms. The number of carbonyl (C=O) groups is 1. The Hall–Kier alpha value is -1.91. The first kappa shape index (κ1) is 17.9. The van der Waals surface area contributed by atoms with E-state index in [0.29, 0.717) is 13.0 Å². The molecule has 130 valence electrons. The molecule has 0 atom stereocenters. The van der Waals surface area contributed by atoms with Gasteiger partial charge in [-0.25, -0.2) is 0 Å². The van der Waals surface area contributed by atoms with Gasteiger partial charge in [-0.15, -0.1) is 11.8 Å². The van der Waals surface area contributed by atoms with E-state index in [1.807, 2.05) is 42.6 Å². The number of carbonyl (C=O) groups excluding carboxylic acids is 1. The highest BCUT2D eigenvalue weighted by atomic mass is 35.5. The average Bonchev–Trinajstić information content (AvgIpc) is 3.04. The summed E-state index contributed by atoms with van der Waals surface area (Å²) in [5, 5.41) is 4.98. The second-order valence-electron chi connectivity index (χ2n) is 5.87. The third-order valence-electron chi connectivity index (χ3n) is 4.03. The highest BCUT2D eigenvalue weighted by Crippen LogP contribution is 2.20. The molecule has 0 spiro atoms. The summed E-state index contributed by atoms with van der Waals surface area (Å²) in [4.78, 5) is 16.4. The Kier molecular flexibility index (Phi) is 6.42. The van der Waals surface area contributed by atoms with E-state index < -0.39 is 0 Å². The van der Waals surface area contributed by atoms with Gasteiger partial charge in [0.15, 0.2) is 0 Å². The van der Waals surface area contributed by atoms with Crippen LogP contribution >= 0.6 is 23.4 Å². The van der Waals surface area contributed by atoms with Gasteiger partial charge in [-0.3, -0.25) is 4.79 Å². The molecule has 0 unspecified atom stereocenters. The van der Waals surface area contributed by atoms with E-state index in [0.717, 1.165) is 34.0 Å². The highest BCUT2D eigenvalue weighted by molar-refractivity contribution is 7.99. The molecular formula is C20H21ClN2OS. The fourth-order valence-corrected chi connectivity index (χ4v) is 3.65. The molecular weight excluding hydrogens is 352 g/mol. The van der Waals surface area contributed by atoms with Gasteiger partial charge in [-0.1, -0.05) is 29.8 Å². The van der Waals surface area contributed by atoms with Crippen LogP contribution in [0.15, 0.2) is 59.6 Å². The number of thioether (sulfide) groups is 1. The van der Waals surface area contributed by atoms with Gasteiger partial charge in [-0.05, 0) is 48.7 Å². The van der Waals surface area contributed by atoms with Gasteiger partial charge in [0.25, 0.3) is 0 Å². The smallest absolute Gasteiger partial charge is 0.220 e. The minimum Gasteiger partial charge on any atom is -0.361 e. The summed E-state index contributed by atoms with van der Waals surface area (Å²) in [6, 6.07) is 16.0. The maximum atomic E-state index is 11.9. The molecule has 3 aromatic rings. The van der Waals surface area contributed by atoms with Crippen molar-refractivity contribution in [3.05, 3.63) is 65.3 Å². The normalized spacial score (nSPS) is 10.9. The zero-order chi connectivity index (χ0) is 17.5. The number of hydrogen-bond donors (Lipinski definition) is 2. The number of amides is 1. The van der Waals surface area contributed by atoms with Crippen LogP contribution in [0.2, 0.25) is 5.02 Å². The van der Waals surface area contributed by atoms with E-state index in [1.54, 1.807) is 11.8 Å². The number of nitrogens with one attached hydrogen (secondary N) is 2. The third kappa shape index (κ3) is 5.28. The molecule has 1 amide bonds. The molecule has 2 N–H and O–H groups in total. The Morgan fingerprint density at radius 1 is 1.12 bits per heavy atom. The number of aryl methyl sites for hydroxylation is 1. The molecule has 0 radical (unpaired) electrons. The summed E-state index contributed by atoms with van der Waals surface area (Å²) < 4.78 is 0. The first-order chi connectivity index (χ1) is 12.2. The van der Waals surface area contributed by atoms with Crippen LogP contribution in [0.1, 0.15) is 18.4 Å². The summed E-state index contributed by atoms with van der Waals surface area (Å²) in [5.74, 6) is 0.979. The summed E-state index contributed by atoms with van der Waals surface area (Å²) in [5.41, 5.74) is 2.43. The molecule has 5 heteroatoms. The lowest BCUT2D eigenvalue weighted by atomic mass is 10.1. The van der Waals surface area contributed by atoms with Gasteiger partial charge in [0.1, 0.15) is 0 Å². The van der Waals surface area contributed by atoms with Gasteiger partial charge in [0, 0.05) is 45.7 Å². The Morgan fingerprint density at radius 2 is 1.92 bits per heavy atom. The molecule has 0 fully saturated rings. The topological polar surface area (TPSA) is 44.9 Å². The van der Waals surface area contributed by atoms with Crippen molar-refractivity contribution in [2.45, 2.75) is 24.2 Å². The predicted octanol–water partition coefficient (Wildman–Crippen LogP) is 5.05. The molecule has 3 nitrogen and oxygen atoms in total. The molecule has 0 saturated carbocycles. The van der Waals surface area contributed by atoms with Crippen LogP contribution in [0.5, 0.6) is 0 Å². The second-order valence-corrected chi connectivity index (χ2v) is 7.47. The summed E-state index contributed by atoms with van der Waals surface area (Å²) in [6.07, 6.45) is 4.38. The van der Waals surface area contributed by atoms with Crippen LogP contribution in [0, 0.1) is 0 Å². The van der Waals surface area contributed by atoms with E-state index in [-0.39, 0.29) is 5.91 Å². The van der Waals surface area contributed by atoms with Crippen molar-refractivity contribution in [1.82, 2.24) is 10.3 Å². The van der Waals surface area contributed by atoms with Crippen LogP contribution < -0.4 is 5.32 Å². The van der Waals surface area contributed by atoms with E-state index in [1.165, 1.54) is 10.9 Å². The van der Waals surface area contributed by atoms with Crippen molar-refractivity contribution in [3.8, 4) is 0 Å². The minimum atomic E-state index is 0.122. The number of aromatic nitrogens is 1. The number of aromatic amines is 1. The number of para-hydroxylation sites is 1. The fourth-order valence-electron chi connectivity index (χ4n) is 2.76. The van der Waals surface area contributed by atoms with Crippen LogP contribution in [0.4, 0.5) is 0 Å². The van der Waals surface area contributed by atoms with Gasteiger partial charge in [-0.2, -0.15) is 0 Å². The Balaban J connectivity index is 1.33. The first-order valence-electron chi connectivity index (χ1n) is 8.42. The zero-order valence-corrected chi connectivity index (χ0v) is 15.5. The molecule has 0 aliphatic carbocycles. The van der Waals surface area contributed by atoms with Gasteiger partial charge in [0.2, 0.25) is 5.91 Å². The SMILES string of the molecule is O=C(CCCc1c[nH]c2ccccc12)NCCSc1ccc(Cl)cc1. The van der Waals surface area contributed by atoms with Gasteiger partial charge in [0.05, 0.1) is 0 Å². The molecule has 1 aromatic heterocycles. The maximum absolute atomic E-state index is 11.9. The van der Waals surface area contributed by atoms with Crippen molar-refractivity contribution in [1.29, 1.82) is 0 Å². The number of H-pyrrole nitrogens is 1. The van der Waals surface area contributed by atoms with Gasteiger partial charge < -0.3 is 10.3 Å². The molecule has 0 aliphatic heterocycles. The van der Waals surface area contributed by atoms with Crippen molar-refractivity contribution in [2.75, 3.05) is 12.3 Å². The predicted molar refractivity (Wildman–Crippen MR) is 106 cm³/mol. The highest BCUT2D eigenvalue weighted by Gasteiger charge is 2.05. The molecule has 3 rings (SSSR count). The lowest BCUT2D eigenvalue weighted by Gasteiger charge is -2.05. The summed E-state index contributed by atoms with van der Waals surface area (Å²) in [6.45, 7) is 0.680. The van der Waals surface area contributed by atoms with Crippen LogP contribution in [-0.2, 0) is 11.2 Å². The van der Waals surface area contributed by atoms with E-state index in [9.17, 15) is 4.79 Å². The van der Waals surface area contributed by atoms with Gasteiger partial charge >= 0.3 is 0 Å². The Morgan fingerprint density at radius 3 is 2.76 bits per heavy atom. The van der Waals surface area contributed by atoms with E-state index in [4.69, 9.17) is 11.6 Å². The van der Waals surface area contributed by atoms with Crippen LogP contribution in [-0.4, -0.2) is 23.2 Å². The van der Waals surface area contributed by atoms with Crippen molar-refractivity contribution < 1.29 is 4.79 Å². The average molecular weight is 373 g/mol. The molecule has 0 bridgehead atoms. The number of halogens is 1. The van der Waals surface area contributed by atoms with Crippen molar-refractivity contribution >= 4 is 40.2 Å². The minimum absolute atomic E-state index is 0.122. The lowest BCUT2D eigenvalue weighted by Crippen LogP contribution is -2.25. The zero-order valence-electron chi connectivity index (χ0n) is 13.9. The Labute approximate surface area is 157 Å². The summed E-state index contributed by atoms with van der Waals surface area (Å²) >= 11 is 7.58. The number of fused-ring (bicyclic) bond motifs is 1. The van der Waals surface area contributed by atoms with Crippen molar-refractivity contribution in [2.24, 2.45) is 0 Å². The fraction of sp³-hybridized carbons (Fsp3) is 0.250. The monoisotopic (exact) mass is 372 g/mol. The third-order valence-corrected chi connectivity index (χ3v) is 5.30. The number of hydrogen-bond acceptors (Lipinski definition) is 2. The van der Waals surface area contributed by atoms with Crippen LogP contribution in [0.3, 0.4) is 0 Å². The molecule has 2 aromatic carbocycles. The Bertz CT molecular complexity index is 829. The van der Waals surface area contributed by atoms with Crippen LogP contribution in [0.25, 0.3) is 10.9 Å². The molecule has 0 saturated heterocycles. The largest absolute Gasteiger partial charge is 0.361 e.